The van der Waals surface area contributed by atoms with Crippen molar-refractivity contribution in [2.45, 2.75) is 57.7 Å². The minimum atomic E-state index is 0.0148. The normalized spacial score (nSPS) is 18.4. The van der Waals surface area contributed by atoms with E-state index in [4.69, 9.17) is 5.41 Å². The van der Waals surface area contributed by atoms with Gasteiger partial charge in [0, 0.05) is 42.6 Å². The summed E-state index contributed by atoms with van der Waals surface area (Å²) in [5.74, 6) is 0.446. The molecule has 0 amide bonds. The van der Waals surface area contributed by atoms with E-state index in [1.54, 1.807) is 47.7 Å². The van der Waals surface area contributed by atoms with Crippen molar-refractivity contribution in [3.8, 4) is 11.4 Å². The Morgan fingerprint density at radius 1 is 1.30 bits per heavy atom. The highest BCUT2D eigenvalue weighted by atomic mass is 16.3. The minimum absolute atomic E-state index is 0.0148. The molecular formula is C23H32N6O. The number of allylic oxidation sites excluding steroid dienone is 2. The summed E-state index contributed by atoms with van der Waals surface area (Å²) >= 11 is 0. The highest BCUT2D eigenvalue weighted by Crippen LogP contribution is 2.31. The van der Waals surface area contributed by atoms with Gasteiger partial charge in [-0.1, -0.05) is 6.58 Å². The molecule has 0 radical (unpaired) electrons. The van der Waals surface area contributed by atoms with Crippen LogP contribution in [0.15, 0.2) is 49.7 Å². The molecule has 3 N–H and O–H groups in total. The average molecular weight is 409 g/mol. The molecule has 2 aromatic rings. The molecule has 3 rings (SSSR count). The van der Waals surface area contributed by atoms with Crippen LogP contribution in [0.4, 0.5) is 0 Å². The molecular weight excluding hydrogens is 376 g/mol. The molecule has 3 heterocycles. The second-order valence-corrected chi connectivity index (χ2v) is 9.34. The number of rotatable bonds is 5. The van der Waals surface area contributed by atoms with E-state index < -0.39 is 0 Å². The van der Waals surface area contributed by atoms with Crippen molar-refractivity contribution in [3.63, 3.8) is 0 Å². The van der Waals surface area contributed by atoms with Crippen molar-refractivity contribution in [3.05, 3.63) is 55.4 Å². The number of amidine groups is 1. The third kappa shape index (κ3) is 4.97. The Morgan fingerprint density at radius 2 is 1.97 bits per heavy atom. The molecule has 1 saturated heterocycles. The Bertz CT molecular complexity index is 942. The van der Waals surface area contributed by atoms with Crippen LogP contribution in [0.2, 0.25) is 0 Å². The van der Waals surface area contributed by atoms with E-state index in [0.717, 1.165) is 12.8 Å². The summed E-state index contributed by atoms with van der Waals surface area (Å²) in [6.07, 6.45) is 12.1. The van der Waals surface area contributed by atoms with Gasteiger partial charge in [0.25, 0.3) is 0 Å². The van der Waals surface area contributed by atoms with Gasteiger partial charge in [-0.3, -0.25) is 10.4 Å². The fourth-order valence-corrected chi connectivity index (χ4v) is 4.36. The van der Waals surface area contributed by atoms with Gasteiger partial charge in [0.15, 0.2) is 0 Å². The average Bonchev–Trinajstić information content (AvgIpc) is 3.17. The quantitative estimate of drug-likeness (QED) is 0.398. The van der Waals surface area contributed by atoms with Crippen molar-refractivity contribution < 1.29 is 5.11 Å². The van der Waals surface area contributed by atoms with Gasteiger partial charge < -0.3 is 19.9 Å². The molecule has 1 aliphatic heterocycles. The van der Waals surface area contributed by atoms with Gasteiger partial charge in [0.1, 0.15) is 17.3 Å². The van der Waals surface area contributed by atoms with Gasteiger partial charge in [0.2, 0.25) is 0 Å². The molecule has 1 aliphatic rings. The van der Waals surface area contributed by atoms with E-state index in [9.17, 15) is 5.11 Å². The Hall–Kier alpha value is -2.93. The summed E-state index contributed by atoms with van der Waals surface area (Å²) in [5, 5.41) is 22.6. The van der Waals surface area contributed by atoms with Gasteiger partial charge in [-0.25, -0.2) is 4.98 Å². The number of pyridine rings is 1. The number of nitrogens with zero attached hydrogens (tertiary/aromatic N) is 4. The van der Waals surface area contributed by atoms with Gasteiger partial charge in [0.05, 0.1) is 18.2 Å². The first kappa shape index (κ1) is 21.8. The minimum Gasteiger partial charge on any atom is -0.506 e. The van der Waals surface area contributed by atoms with Crippen molar-refractivity contribution >= 4 is 11.4 Å². The molecule has 0 aromatic carbocycles. The van der Waals surface area contributed by atoms with Crippen molar-refractivity contribution in [1.82, 2.24) is 24.8 Å². The van der Waals surface area contributed by atoms with Crippen LogP contribution in [-0.2, 0) is 0 Å². The summed E-state index contributed by atoms with van der Waals surface area (Å²) in [4.78, 5) is 10.4. The summed E-state index contributed by atoms with van der Waals surface area (Å²) in [6.45, 7) is 12.8. The second-order valence-electron chi connectivity index (χ2n) is 9.34. The molecule has 0 spiro atoms. The van der Waals surface area contributed by atoms with Crippen LogP contribution in [0.5, 0.6) is 5.75 Å². The van der Waals surface area contributed by atoms with Crippen molar-refractivity contribution in [2.75, 3.05) is 7.05 Å². The summed E-state index contributed by atoms with van der Waals surface area (Å²) in [7, 11) is 1.97. The number of piperidine rings is 1. The third-order valence-electron chi connectivity index (χ3n) is 5.50. The Morgan fingerprint density at radius 3 is 2.53 bits per heavy atom. The van der Waals surface area contributed by atoms with Crippen molar-refractivity contribution in [2.24, 2.45) is 0 Å². The molecule has 7 nitrogen and oxygen atoms in total. The van der Waals surface area contributed by atoms with Crippen molar-refractivity contribution in [1.29, 1.82) is 5.41 Å². The maximum Gasteiger partial charge on any atom is 0.143 e. The predicted molar refractivity (Wildman–Crippen MR) is 121 cm³/mol. The molecule has 30 heavy (non-hydrogen) atoms. The largest absolute Gasteiger partial charge is 0.506 e. The molecule has 7 heteroatoms. The second kappa shape index (κ2) is 8.07. The standard InChI is InChI=1S/C23H32N6O/c1-16(21-19(30)11-17(14-26-21)29-10-9-25-15-29)7-8-20(24)28(6)18-12-22(2,3)27-23(4,5)13-18/h7-11,14-15,18,24,27,30H,1,12-13H2,2-6H3/b8-7-,24-20?. The molecule has 0 aliphatic carbocycles. The molecule has 0 bridgehead atoms. The molecule has 160 valence electrons. The molecule has 0 saturated carbocycles. The van der Waals surface area contributed by atoms with Crippen LogP contribution in [0.1, 0.15) is 46.2 Å². The van der Waals surface area contributed by atoms with Crippen LogP contribution < -0.4 is 5.32 Å². The zero-order valence-electron chi connectivity index (χ0n) is 18.5. The molecule has 1 fully saturated rings. The first-order chi connectivity index (χ1) is 14.0. The van der Waals surface area contributed by atoms with E-state index >= 15 is 0 Å². The lowest BCUT2D eigenvalue weighted by Gasteiger charge is -2.49. The summed E-state index contributed by atoms with van der Waals surface area (Å²) < 4.78 is 1.77. The topological polar surface area (TPSA) is 90.1 Å². The van der Waals surface area contributed by atoms with E-state index in [-0.39, 0.29) is 22.9 Å². The number of nitrogens with one attached hydrogen (secondary N) is 2. The van der Waals surface area contributed by atoms with E-state index in [2.05, 4.69) is 49.6 Å². The zero-order valence-corrected chi connectivity index (χ0v) is 18.5. The predicted octanol–water partition coefficient (Wildman–Crippen LogP) is 3.76. The Balaban J connectivity index is 1.69. The first-order valence-electron chi connectivity index (χ1n) is 10.1. The Labute approximate surface area is 178 Å². The van der Waals surface area contributed by atoms with Crippen LogP contribution in [0, 0.1) is 5.41 Å². The number of hydrogen-bond acceptors (Lipinski definition) is 5. The van der Waals surface area contributed by atoms with E-state index in [0.29, 0.717) is 22.8 Å². The van der Waals surface area contributed by atoms with Crippen LogP contribution in [0.25, 0.3) is 11.3 Å². The SMILES string of the molecule is C=C(/C=C\C(=N)N(C)C1CC(C)(C)NC(C)(C)C1)c1ncc(-n2ccnc2)cc1O. The maximum atomic E-state index is 10.4. The van der Waals surface area contributed by atoms with E-state index in [1.165, 1.54) is 0 Å². The summed E-state index contributed by atoms with van der Waals surface area (Å²) in [6, 6.07) is 1.89. The number of hydrogen-bond donors (Lipinski definition) is 3. The Kier molecular flexibility index (Phi) is 5.85. The number of aromatic hydroxyl groups is 1. The van der Waals surface area contributed by atoms with Gasteiger partial charge in [-0.05, 0) is 58.3 Å². The zero-order chi connectivity index (χ0) is 22.1. The lowest BCUT2D eigenvalue weighted by atomic mass is 9.79. The van der Waals surface area contributed by atoms with Gasteiger partial charge in [-0.2, -0.15) is 0 Å². The van der Waals surface area contributed by atoms with E-state index in [1.807, 2.05) is 11.9 Å². The third-order valence-corrected chi connectivity index (χ3v) is 5.50. The van der Waals surface area contributed by atoms with Crippen LogP contribution >= 0.6 is 0 Å². The molecule has 2 aromatic heterocycles. The first-order valence-corrected chi connectivity index (χ1v) is 10.1. The monoisotopic (exact) mass is 408 g/mol. The number of aromatic nitrogens is 3. The maximum absolute atomic E-state index is 10.4. The molecule has 0 atom stereocenters. The fraction of sp³-hybridized carbons (Fsp3) is 0.435. The smallest absolute Gasteiger partial charge is 0.143 e. The highest BCUT2D eigenvalue weighted by Gasteiger charge is 2.39. The highest BCUT2D eigenvalue weighted by molar-refractivity contribution is 5.93. The summed E-state index contributed by atoms with van der Waals surface area (Å²) in [5.41, 5.74) is 1.69. The lowest BCUT2D eigenvalue weighted by molar-refractivity contribution is 0.114. The number of imidazole rings is 1. The van der Waals surface area contributed by atoms with Gasteiger partial charge >= 0.3 is 0 Å². The van der Waals surface area contributed by atoms with Gasteiger partial charge in [-0.15, -0.1) is 0 Å². The fourth-order valence-electron chi connectivity index (χ4n) is 4.36. The number of likely N-dealkylation sites (N-methyl/N-ethyl adjacent to an activating group) is 1. The van der Waals surface area contributed by atoms with Crippen LogP contribution in [0.3, 0.4) is 0 Å². The lowest BCUT2D eigenvalue weighted by Crippen LogP contribution is -2.62. The molecule has 0 unspecified atom stereocenters. The van der Waals surface area contributed by atoms with Crippen LogP contribution in [-0.4, -0.2) is 54.5 Å².